The van der Waals surface area contributed by atoms with Crippen LogP contribution >= 0.6 is 0 Å². The SMILES string of the molecule is CC(C)[C@H]([NH2+]CC(=O)NCc1ccccc1)c1ccc(F)cc1. The molecule has 0 bridgehead atoms. The van der Waals surface area contributed by atoms with E-state index in [9.17, 15) is 9.18 Å². The fourth-order valence-electron chi connectivity index (χ4n) is 2.58. The Labute approximate surface area is 136 Å². The van der Waals surface area contributed by atoms with Gasteiger partial charge in [0.15, 0.2) is 6.54 Å². The predicted molar refractivity (Wildman–Crippen MR) is 89.1 cm³/mol. The molecule has 3 nitrogen and oxygen atoms in total. The standard InChI is InChI=1S/C19H23FN2O/c1-14(2)19(16-8-10-17(20)11-9-16)22-13-18(23)21-12-15-6-4-3-5-7-15/h3-11,14,19,22H,12-13H2,1-2H3,(H,21,23)/p+1/t19-/m0/s1. The summed E-state index contributed by atoms with van der Waals surface area (Å²) in [6, 6.07) is 16.5. The normalized spacial score (nSPS) is 12.2. The molecule has 0 unspecified atom stereocenters. The molecule has 0 aliphatic heterocycles. The molecule has 23 heavy (non-hydrogen) atoms. The maximum Gasteiger partial charge on any atom is 0.275 e. The van der Waals surface area contributed by atoms with Crippen molar-refractivity contribution >= 4 is 5.91 Å². The zero-order valence-electron chi connectivity index (χ0n) is 13.6. The number of rotatable bonds is 7. The van der Waals surface area contributed by atoms with Gasteiger partial charge in [-0.15, -0.1) is 0 Å². The molecule has 0 spiro atoms. The fraction of sp³-hybridized carbons (Fsp3) is 0.316. The first-order valence-electron chi connectivity index (χ1n) is 7.95. The predicted octanol–water partition coefficient (Wildman–Crippen LogP) is 2.40. The second-order valence-corrected chi connectivity index (χ2v) is 6.02. The highest BCUT2D eigenvalue weighted by Crippen LogP contribution is 2.17. The van der Waals surface area contributed by atoms with Crippen LogP contribution in [0.2, 0.25) is 0 Å². The van der Waals surface area contributed by atoms with Crippen molar-refractivity contribution in [3.05, 3.63) is 71.5 Å². The van der Waals surface area contributed by atoms with Crippen molar-refractivity contribution in [1.82, 2.24) is 5.32 Å². The van der Waals surface area contributed by atoms with Crippen molar-refractivity contribution in [3.8, 4) is 0 Å². The van der Waals surface area contributed by atoms with E-state index in [0.29, 0.717) is 19.0 Å². The Balaban J connectivity index is 1.86. The van der Waals surface area contributed by atoms with Crippen LogP contribution in [0.4, 0.5) is 4.39 Å². The lowest BCUT2D eigenvalue weighted by Gasteiger charge is -2.19. The van der Waals surface area contributed by atoms with Gasteiger partial charge in [-0.2, -0.15) is 0 Å². The summed E-state index contributed by atoms with van der Waals surface area (Å²) in [4.78, 5) is 12.0. The number of carbonyl (C=O) groups excluding carboxylic acids is 1. The molecule has 0 saturated carbocycles. The fourth-order valence-corrected chi connectivity index (χ4v) is 2.58. The second-order valence-electron chi connectivity index (χ2n) is 6.02. The third-order valence-electron chi connectivity index (χ3n) is 3.86. The Morgan fingerprint density at radius 3 is 2.35 bits per heavy atom. The van der Waals surface area contributed by atoms with Gasteiger partial charge in [0.1, 0.15) is 11.9 Å². The van der Waals surface area contributed by atoms with Crippen molar-refractivity contribution in [2.45, 2.75) is 26.4 Å². The molecule has 0 fully saturated rings. The number of amides is 1. The zero-order valence-corrected chi connectivity index (χ0v) is 13.6. The summed E-state index contributed by atoms with van der Waals surface area (Å²) in [7, 11) is 0. The van der Waals surface area contributed by atoms with E-state index in [1.54, 1.807) is 12.1 Å². The van der Waals surface area contributed by atoms with E-state index in [1.807, 2.05) is 35.6 Å². The first kappa shape index (κ1) is 17.2. The summed E-state index contributed by atoms with van der Waals surface area (Å²) in [5.74, 6) is 0.112. The molecule has 2 aromatic rings. The molecule has 4 heteroatoms. The Morgan fingerprint density at radius 1 is 1.09 bits per heavy atom. The third-order valence-corrected chi connectivity index (χ3v) is 3.86. The van der Waals surface area contributed by atoms with Crippen molar-refractivity contribution in [2.75, 3.05) is 6.54 Å². The number of quaternary nitrogens is 1. The van der Waals surface area contributed by atoms with Crippen molar-refractivity contribution < 1.29 is 14.5 Å². The molecule has 0 saturated heterocycles. The molecule has 1 amide bonds. The highest BCUT2D eigenvalue weighted by atomic mass is 19.1. The monoisotopic (exact) mass is 315 g/mol. The van der Waals surface area contributed by atoms with Gasteiger partial charge in [-0.3, -0.25) is 4.79 Å². The third kappa shape index (κ3) is 5.49. The molecule has 2 aromatic carbocycles. The number of benzene rings is 2. The average Bonchev–Trinajstić information content (AvgIpc) is 2.55. The molecule has 3 N–H and O–H groups in total. The van der Waals surface area contributed by atoms with E-state index < -0.39 is 0 Å². The van der Waals surface area contributed by atoms with Crippen molar-refractivity contribution in [2.24, 2.45) is 5.92 Å². The van der Waals surface area contributed by atoms with E-state index >= 15 is 0 Å². The lowest BCUT2D eigenvalue weighted by molar-refractivity contribution is -0.692. The van der Waals surface area contributed by atoms with Crippen LogP contribution in [0.3, 0.4) is 0 Å². The summed E-state index contributed by atoms with van der Waals surface area (Å²) in [6.07, 6.45) is 0. The Kier molecular flexibility index (Phi) is 6.29. The van der Waals surface area contributed by atoms with E-state index in [0.717, 1.165) is 11.1 Å². The van der Waals surface area contributed by atoms with Crippen LogP contribution < -0.4 is 10.6 Å². The number of nitrogens with two attached hydrogens (primary N) is 1. The van der Waals surface area contributed by atoms with Crippen LogP contribution in [0.1, 0.15) is 31.0 Å². The number of carbonyl (C=O) groups is 1. The van der Waals surface area contributed by atoms with Gasteiger partial charge in [-0.25, -0.2) is 4.39 Å². The van der Waals surface area contributed by atoms with Crippen molar-refractivity contribution in [3.63, 3.8) is 0 Å². The maximum atomic E-state index is 13.1. The Hall–Kier alpha value is -2.20. The first-order chi connectivity index (χ1) is 11.1. The Morgan fingerprint density at radius 2 is 1.74 bits per heavy atom. The molecule has 2 rings (SSSR count). The van der Waals surface area contributed by atoms with Gasteiger partial charge in [0.05, 0.1) is 0 Å². The van der Waals surface area contributed by atoms with Gasteiger partial charge < -0.3 is 10.6 Å². The molecular formula is C19H24FN2O+. The molecule has 0 aliphatic carbocycles. The lowest BCUT2D eigenvalue weighted by atomic mass is 9.96. The van der Waals surface area contributed by atoms with E-state index in [1.165, 1.54) is 12.1 Å². The largest absolute Gasteiger partial charge is 0.347 e. The number of hydrogen-bond donors (Lipinski definition) is 2. The molecule has 0 aliphatic rings. The van der Waals surface area contributed by atoms with Crippen LogP contribution in [0.5, 0.6) is 0 Å². The summed E-state index contributed by atoms with van der Waals surface area (Å²) in [5, 5.41) is 4.94. The minimum Gasteiger partial charge on any atom is -0.347 e. The molecule has 122 valence electrons. The van der Waals surface area contributed by atoms with Gasteiger partial charge in [-0.1, -0.05) is 56.3 Å². The molecule has 1 atom stereocenters. The summed E-state index contributed by atoms with van der Waals surface area (Å²) in [5.41, 5.74) is 2.12. The lowest BCUT2D eigenvalue weighted by Crippen LogP contribution is -2.88. The molecular weight excluding hydrogens is 291 g/mol. The van der Waals surface area contributed by atoms with E-state index in [-0.39, 0.29) is 17.8 Å². The minimum atomic E-state index is -0.239. The number of nitrogens with one attached hydrogen (secondary N) is 1. The summed E-state index contributed by atoms with van der Waals surface area (Å²) >= 11 is 0. The second kappa shape index (κ2) is 8.44. The smallest absolute Gasteiger partial charge is 0.275 e. The molecule has 0 radical (unpaired) electrons. The highest BCUT2D eigenvalue weighted by molar-refractivity contribution is 5.76. The summed E-state index contributed by atoms with van der Waals surface area (Å²) in [6.45, 7) is 5.10. The minimum absolute atomic E-state index is 0.00150. The van der Waals surface area contributed by atoms with Crippen LogP contribution in [0, 0.1) is 11.7 Å². The van der Waals surface area contributed by atoms with Gasteiger partial charge in [-0.05, 0) is 17.7 Å². The van der Waals surface area contributed by atoms with Crippen LogP contribution in [0.25, 0.3) is 0 Å². The van der Waals surface area contributed by atoms with Gasteiger partial charge in [0.2, 0.25) is 0 Å². The first-order valence-corrected chi connectivity index (χ1v) is 7.95. The van der Waals surface area contributed by atoms with Gasteiger partial charge in [0, 0.05) is 18.0 Å². The van der Waals surface area contributed by atoms with E-state index in [4.69, 9.17) is 0 Å². The molecule has 0 aromatic heterocycles. The van der Waals surface area contributed by atoms with Crippen LogP contribution in [-0.4, -0.2) is 12.5 Å². The van der Waals surface area contributed by atoms with Gasteiger partial charge in [0.25, 0.3) is 5.91 Å². The maximum absolute atomic E-state index is 13.1. The van der Waals surface area contributed by atoms with Crippen molar-refractivity contribution in [1.29, 1.82) is 0 Å². The number of halogens is 1. The average molecular weight is 315 g/mol. The van der Waals surface area contributed by atoms with Crippen LogP contribution in [0.15, 0.2) is 54.6 Å². The Bertz CT molecular complexity index is 611. The van der Waals surface area contributed by atoms with Crippen LogP contribution in [-0.2, 0) is 11.3 Å². The quantitative estimate of drug-likeness (QED) is 0.810. The zero-order chi connectivity index (χ0) is 16.7. The highest BCUT2D eigenvalue weighted by Gasteiger charge is 2.20. The van der Waals surface area contributed by atoms with Gasteiger partial charge >= 0.3 is 0 Å². The van der Waals surface area contributed by atoms with E-state index in [2.05, 4.69) is 19.2 Å². The number of hydrogen-bond acceptors (Lipinski definition) is 1. The molecule has 0 heterocycles. The topological polar surface area (TPSA) is 45.7 Å². The summed E-state index contributed by atoms with van der Waals surface area (Å²) < 4.78 is 13.1.